The molecule has 0 aromatic heterocycles. The monoisotopic (exact) mass is 176 g/mol. The molecule has 3 unspecified atom stereocenters. The van der Waals surface area contributed by atoms with E-state index in [1.54, 1.807) is 0 Å². The fraction of sp³-hybridized carbons (Fsp3) is 1.00. The zero-order valence-corrected chi connectivity index (χ0v) is 8.73. The third kappa shape index (κ3) is 1.88. The highest BCUT2D eigenvalue weighted by molar-refractivity contribution is 6.19. The van der Waals surface area contributed by atoms with Crippen LogP contribution in [-0.4, -0.2) is 30.6 Å². The molecule has 1 nitrogen and oxygen atoms in total. The molecule has 1 rings (SSSR count). The van der Waals surface area contributed by atoms with E-state index in [2.05, 4.69) is 27.9 Å². The highest BCUT2D eigenvalue weighted by atomic mass is 35.5. The maximum absolute atomic E-state index is 6.30. The van der Waals surface area contributed by atoms with Crippen molar-refractivity contribution in [3.8, 4) is 0 Å². The first-order valence-electron chi connectivity index (χ1n) is 4.40. The van der Waals surface area contributed by atoms with Crippen LogP contribution >= 0.6 is 11.6 Å². The van der Waals surface area contributed by atoms with E-state index in [1.807, 2.05) is 0 Å². The molecule has 1 fully saturated rings. The number of hydrogen-bond donors (Lipinski definition) is 0. The van der Waals surface area contributed by atoms with Crippen LogP contribution in [0.2, 0.25) is 0 Å². The lowest BCUT2D eigenvalue weighted by atomic mass is 9.90. The summed E-state index contributed by atoms with van der Waals surface area (Å²) in [5, 5.41) is 0. The Morgan fingerprint density at radius 1 is 1.27 bits per heavy atom. The Balaban J connectivity index is 2.67. The van der Waals surface area contributed by atoms with Crippen LogP contribution in [0.15, 0.2) is 0 Å². The van der Waals surface area contributed by atoms with Crippen molar-refractivity contribution in [2.75, 3.05) is 20.6 Å². The van der Waals surface area contributed by atoms with Gasteiger partial charge in [0.25, 0.3) is 0 Å². The predicted molar refractivity (Wildman–Crippen MR) is 49.6 cm³/mol. The van der Waals surface area contributed by atoms with Gasteiger partial charge < -0.3 is 4.48 Å². The molecule has 0 spiro atoms. The van der Waals surface area contributed by atoms with Crippen LogP contribution < -0.4 is 0 Å². The lowest BCUT2D eigenvalue weighted by Gasteiger charge is -2.44. The third-order valence-corrected chi connectivity index (χ3v) is 3.65. The van der Waals surface area contributed by atoms with Gasteiger partial charge in [-0.2, -0.15) is 0 Å². The second kappa shape index (κ2) is 2.95. The summed E-state index contributed by atoms with van der Waals surface area (Å²) >= 11 is 6.30. The second-order valence-corrected chi connectivity index (χ2v) is 5.10. The molecular weight excluding hydrogens is 158 g/mol. The second-order valence-electron chi connectivity index (χ2n) is 4.65. The molecule has 3 atom stereocenters. The minimum Gasteiger partial charge on any atom is -0.313 e. The molecule has 0 amide bonds. The SMILES string of the molecule is CC1CC(C)C(Cl)[N+](C)(C)C1. The Morgan fingerprint density at radius 3 is 2.27 bits per heavy atom. The Hall–Kier alpha value is 0.250. The average molecular weight is 177 g/mol. The first-order valence-corrected chi connectivity index (χ1v) is 4.84. The molecule has 1 heterocycles. The molecule has 2 heteroatoms. The van der Waals surface area contributed by atoms with Crippen LogP contribution in [0, 0.1) is 11.8 Å². The van der Waals surface area contributed by atoms with Gasteiger partial charge in [0, 0.05) is 11.8 Å². The zero-order chi connectivity index (χ0) is 8.65. The fourth-order valence-electron chi connectivity index (χ4n) is 2.41. The number of alkyl halides is 1. The normalized spacial score (nSPS) is 43.9. The Kier molecular flexibility index (Phi) is 2.50. The van der Waals surface area contributed by atoms with E-state index in [1.165, 1.54) is 13.0 Å². The summed E-state index contributed by atoms with van der Waals surface area (Å²) in [5.74, 6) is 1.49. The number of hydrogen-bond acceptors (Lipinski definition) is 0. The minimum atomic E-state index is 0.311. The summed E-state index contributed by atoms with van der Waals surface area (Å²) in [6, 6.07) is 0. The average Bonchev–Trinajstić information content (AvgIpc) is 1.81. The maximum Gasteiger partial charge on any atom is 0.167 e. The van der Waals surface area contributed by atoms with Gasteiger partial charge in [-0.3, -0.25) is 0 Å². The molecule has 0 aliphatic carbocycles. The van der Waals surface area contributed by atoms with Gasteiger partial charge in [0.2, 0.25) is 0 Å². The van der Waals surface area contributed by atoms with Crippen molar-refractivity contribution >= 4 is 11.6 Å². The molecule has 0 saturated carbocycles. The van der Waals surface area contributed by atoms with E-state index in [9.17, 15) is 0 Å². The smallest absolute Gasteiger partial charge is 0.167 e. The molecular formula is C9H19ClN+. The van der Waals surface area contributed by atoms with E-state index >= 15 is 0 Å². The van der Waals surface area contributed by atoms with Crippen molar-refractivity contribution < 1.29 is 4.48 Å². The van der Waals surface area contributed by atoms with Gasteiger partial charge in [-0.15, -0.1) is 0 Å². The van der Waals surface area contributed by atoms with Crippen molar-refractivity contribution in [1.82, 2.24) is 0 Å². The zero-order valence-electron chi connectivity index (χ0n) is 7.97. The lowest BCUT2D eigenvalue weighted by molar-refractivity contribution is -0.914. The van der Waals surface area contributed by atoms with Crippen molar-refractivity contribution in [2.24, 2.45) is 11.8 Å². The number of halogens is 1. The minimum absolute atomic E-state index is 0.311. The van der Waals surface area contributed by atoms with Crippen molar-refractivity contribution in [3.05, 3.63) is 0 Å². The van der Waals surface area contributed by atoms with Crippen molar-refractivity contribution in [3.63, 3.8) is 0 Å². The topological polar surface area (TPSA) is 0 Å². The third-order valence-electron chi connectivity index (χ3n) is 2.69. The van der Waals surface area contributed by atoms with Gasteiger partial charge in [-0.05, 0) is 6.42 Å². The largest absolute Gasteiger partial charge is 0.313 e. The molecule has 11 heavy (non-hydrogen) atoms. The summed E-state index contributed by atoms with van der Waals surface area (Å²) in [6.45, 7) is 5.80. The number of quaternary nitrogens is 1. The van der Waals surface area contributed by atoms with E-state index < -0.39 is 0 Å². The molecule has 0 radical (unpaired) electrons. The number of rotatable bonds is 0. The Morgan fingerprint density at radius 2 is 1.82 bits per heavy atom. The molecule has 0 bridgehead atoms. The standard InChI is InChI=1S/C9H19ClN/c1-7-5-8(2)9(10)11(3,4)6-7/h7-9H,5-6H2,1-4H3/q+1. The number of nitrogens with zero attached hydrogens (tertiary/aromatic N) is 1. The highest BCUT2D eigenvalue weighted by Gasteiger charge is 2.38. The van der Waals surface area contributed by atoms with Crippen molar-refractivity contribution in [2.45, 2.75) is 25.8 Å². The molecule has 1 saturated heterocycles. The van der Waals surface area contributed by atoms with E-state index in [-0.39, 0.29) is 0 Å². The van der Waals surface area contributed by atoms with Gasteiger partial charge in [-0.25, -0.2) is 0 Å². The van der Waals surface area contributed by atoms with Gasteiger partial charge in [0.05, 0.1) is 20.6 Å². The van der Waals surface area contributed by atoms with Crippen molar-refractivity contribution in [1.29, 1.82) is 0 Å². The summed E-state index contributed by atoms with van der Waals surface area (Å²) < 4.78 is 0.976. The van der Waals surface area contributed by atoms with Crippen LogP contribution in [0.25, 0.3) is 0 Å². The van der Waals surface area contributed by atoms with Gasteiger partial charge >= 0.3 is 0 Å². The lowest BCUT2D eigenvalue weighted by Crippen LogP contribution is -2.55. The number of likely N-dealkylation sites (tertiary alicyclic amines) is 1. The highest BCUT2D eigenvalue weighted by Crippen LogP contribution is 2.32. The first-order chi connectivity index (χ1) is 4.93. The summed E-state index contributed by atoms with van der Waals surface area (Å²) in [5.41, 5.74) is 0.311. The molecule has 66 valence electrons. The first kappa shape index (κ1) is 9.34. The van der Waals surface area contributed by atoms with E-state index in [4.69, 9.17) is 11.6 Å². The van der Waals surface area contributed by atoms with Crippen LogP contribution in [0.5, 0.6) is 0 Å². The summed E-state index contributed by atoms with van der Waals surface area (Å²) in [4.78, 5) is 0. The number of piperidine rings is 1. The van der Waals surface area contributed by atoms with Gasteiger partial charge in [0.1, 0.15) is 0 Å². The van der Waals surface area contributed by atoms with Crippen LogP contribution in [0.3, 0.4) is 0 Å². The van der Waals surface area contributed by atoms with Crippen LogP contribution in [-0.2, 0) is 0 Å². The van der Waals surface area contributed by atoms with Crippen LogP contribution in [0.4, 0.5) is 0 Å². The van der Waals surface area contributed by atoms with E-state index in [0.29, 0.717) is 11.4 Å². The van der Waals surface area contributed by atoms with Crippen LogP contribution in [0.1, 0.15) is 20.3 Å². The van der Waals surface area contributed by atoms with E-state index in [0.717, 1.165) is 10.4 Å². The Labute approximate surface area is 74.9 Å². The summed E-state index contributed by atoms with van der Waals surface area (Å²) in [6.07, 6.45) is 1.29. The van der Waals surface area contributed by atoms with Gasteiger partial charge in [-0.1, -0.05) is 25.4 Å². The molecule has 1 aliphatic heterocycles. The fourth-order valence-corrected chi connectivity index (χ4v) is 2.60. The Bertz CT molecular complexity index is 144. The van der Waals surface area contributed by atoms with Gasteiger partial charge in [0.15, 0.2) is 5.50 Å². The maximum atomic E-state index is 6.30. The summed E-state index contributed by atoms with van der Waals surface area (Å²) in [7, 11) is 4.45. The quantitative estimate of drug-likeness (QED) is 0.302. The molecule has 0 N–H and O–H groups in total. The molecule has 0 aromatic rings. The molecule has 0 aromatic carbocycles. The molecule has 1 aliphatic rings. The predicted octanol–water partition coefficient (Wildman–Crippen LogP) is 2.30.